The van der Waals surface area contributed by atoms with Crippen LogP contribution in [-0.2, 0) is 3.07 Å². The molecule has 0 aliphatic rings. The molecule has 0 amide bonds. The van der Waals surface area contributed by atoms with Gasteiger partial charge in [0.1, 0.15) is 0 Å². The Morgan fingerprint density at radius 2 is 1.19 bits per heavy atom. The Hall–Kier alpha value is 0.759. The van der Waals surface area contributed by atoms with Crippen LogP contribution < -0.4 is 0 Å². The van der Waals surface area contributed by atoms with Crippen LogP contribution in [0.25, 0.3) is 0 Å². The van der Waals surface area contributed by atoms with Crippen molar-refractivity contribution in [3.8, 4) is 0 Å². The predicted octanol–water partition coefficient (Wildman–Crippen LogP) is 3.98. The van der Waals surface area contributed by atoms with Crippen molar-refractivity contribution >= 4 is 22.9 Å². The molecule has 1 nitrogen and oxygen atoms in total. The zero-order valence-electron chi connectivity index (χ0n) is 12.0. The zero-order valence-corrected chi connectivity index (χ0v) is 17.7. The monoisotopic (exact) mass is 336 g/mol. The summed E-state index contributed by atoms with van der Waals surface area (Å²) in [6.07, 6.45) is 13.3. The van der Waals surface area contributed by atoms with Crippen molar-refractivity contribution in [2.45, 2.75) is 90.6 Å². The first-order chi connectivity index (χ1) is 7.74. The van der Waals surface area contributed by atoms with Gasteiger partial charge in [0.15, 0.2) is 0 Å². The molecule has 0 aliphatic carbocycles. The first-order valence-corrected chi connectivity index (χ1v) is 9.62. The first-order valence-electron chi connectivity index (χ1n) is 7.29. The Labute approximate surface area is 116 Å². The summed E-state index contributed by atoms with van der Waals surface area (Å²) < 4.78 is 6.10. The maximum absolute atomic E-state index is 6.10. The Morgan fingerprint density at radius 3 is 1.56 bits per heavy atom. The molecule has 0 heterocycles. The van der Waals surface area contributed by atoms with Crippen LogP contribution in [0.2, 0.25) is 0 Å². The van der Waals surface area contributed by atoms with Crippen molar-refractivity contribution < 1.29 is 3.07 Å². The van der Waals surface area contributed by atoms with Crippen LogP contribution >= 0.6 is 0 Å². The molecule has 0 unspecified atom stereocenters. The van der Waals surface area contributed by atoms with Crippen LogP contribution in [0, 0.1) is 0 Å². The minimum atomic E-state index is 0.289. The SMILES string of the molecule is CCCCCC(CCCC)(CCCC)[O][SnH3]. The van der Waals surface area contributed by atoms with Gasteiger partial charge in [0.25, 0.3) is 0 Å². The van der Waals surface area contributed by atoms with Crippen molar-refractivity contribution in [3.05, 3.63) is 0 Å². The van der Waals surface area contributed by atoms with E-state index < -0.39 is 0 Å². The Bertz CT molecular complexity index is 140. The fourth-order valence-corrected chi connectivity index (χ4v) is 4.12. The van der Waals surface area contributed by atoms with Crippen LogP contribution in [0.4, 0.5) is 0 Å². The molecule has 0 aliphatic heterocycles. The molecule has 0 aromatic rings. The van der Waals surface area contributed by atoms with E-state index in [1.54, 1.807) is 0 Å². The molecule has 0 N–H and O–H groups in total. The van der Waals surface area contributed by atoms with Crippen LogP contribution in [0.3, 0.4) is 0 Å². The summed E-state index contributed by atoms with van der Waals surface area (Å²) in [6, 6.07) is 0. The second-order valence-electron chi connectivity index (χ2n) is 5.05. The third kappa shape index (κ3) is 7.16. The fraction of sp³-hybridized carbons (Fsp3) is 1.00. The van der Waals surface area contributed by atoms with E-state index in [2.05, 4.69) is 20.8 Å². The maximum atomic E-state index is 6.10. The first kappa shape index (κ1) is 16.8. The third-order valence-corrected chi connectivity index (χ3v) is 6.11. The number of rotatable bonds is 11. The molecule has 0 saturated carbocycles. The van der Waals surface area contributed by atoms with E-state index in [9.17, 15) is 0 Å². The quantitative estimate of drug-likeness (QED) is 0.410. The van der Waals surface area contributed by atoms with Gasteiger partial charge in [-0.2, -0.15) is 0 Å². The summed E-state index contributed by atoms with van der Waals surface area (Å²) in [5.41, 5.74) is 0.289. The van der Waals surface area contributed by atoms with Gasteiger partial charge in [-0.1, -0.05) is 0 Å². The van der Waals surface area contributed by atoms with Crippen molar-refractivity contribution in [1.82, 2.24) is 0 Å². The molecule has 0 fully saturated rings. The van der Waals surface area contributed by atoms with Crippen molar-refractivity contribution in [3.63, 3.8) is 0 Å². The van der Waals surface area contributed by atoms with Crippen molar-refractivity contribution in [1.29, 1.82) is 0 Å². The van der Waals surface area contributed by atoms with E-state index in [0.29, 0.717) is 22.9 Å². The second kappa shape index (κ2) is 10.9. The van der Waals surface area contributed by atoms with E-state index in [0.717, 1.165) is 0 Å². The molecular formula is C14H32OSn. The van der Waals surface area contributed by atoms with Gasteiger partial charge < -0.3 is 0 Å². The molecule has 0 radical (unpaired) electrons. The molecule has 0 aromatic carbocycles. The molecule has 2 heteroatoms. The Morgan fingerprint density at radius 1 is 0.750 bits per heavy atom. The topological polar surface area (TPSA) is 9.23 Å². The summed E-state index contributed by atoms with van der Waals surface area (Å²) in [5.74, 6) is 0. The summed E-state index contributed by atoms with van der Waals surface area (Å²) >= 11 is 0.378. The van der Waals surface area contributed by atoms with Gasteiger partial charge in [-0.3, -0.25) is 0 Å². The van der Waals surface area contributed by atoms with E-state index in [4.69, 9.17) is 3.07 Å². The molecule has 0 saturated heterocycles. The minimum absolute atomic E-state index is 0.289. The van der Waals surface area contributed by atoms with E-state index in [1.165, 1.54) is 64.2 Å². The molecule has 0 aromatic heterocycles. The molecule has 0 rings (SSSR count). The normalized spacial score (nSPS) is 12.2. The number of unbranched alkanes of at least 4 members (excludes halogenated alkanes) is 4. The van der Waals surface area contributed by atoms with E-state index >= 15 is 0 Å². The molecule has 16 heavy (non-hydrogen) atoms. The van der Waals surface area contributed by atoms with Gasteiger partial charge in [-0.05, 0) is 0 Å². The molecule has 98 valence electrons. The molecule has 0 bridgehead atoms. The van der Waals surface area contributed by atoms with Gasteiger partial charge in [-0.25, -0.2) is 0 Å². The summed E-state index contributed by atoms with van der Waals surface area (Å²) in [5, 5.41) is 0. The Kier molecular flexibility index (Phi) is 11.4. The third-order valence-electron chi connectivity index (χ3n) is 3.64. The average Bonchev–Trinajstić information content (AvgIpc) is 2.32. The number of hydrogen-bond donors (Lipinski definition) is 0. The zero-order chi connectivity index (χ0) is 12.3. The van der Waals surface area contributed by atoms with Gasteiger partial charge in [0.05, 0.1) is 0 Å². The fourth-order valence-electron chi connectivity index (χ4n) is 2.38. The number of hydrogen-bond acceptors (Lipinski definition) is 1. The van der Waals surface area contributed by atoms with E-state index in [-0.39, 0.29) is 5.60 Å². The summed E-state index contributed by atoms with van der Waals surface area (Å²) in [7, 11) is 0. The van der Waals surface area contributed by atoms with Crippen molar-refractivity contribution in [2.24, 2.45) is 0 Å². The molecular weight excluding hydrogens is 303 g/mol. The standard InChI is InChI=1S/C14H29O.Sn.3H/c1-4-7-10-13-14(15,11-8-5-2)12-9-6-3;;;;/h4-13H2,1-3H3;;;;/q-1;+1;;;. The molecule has 0 spiro atoms. The van der Waals surface area contributed by atoms with Crippen LogP contribution in [0.1, 0.15) is 85.0 Å². The Balaban J connectivity index is 4.16. The summed E-state index contributed by atoms with van der Waals surface area (Å²) in [6.45, 7) is 6.86. The van der Waals surface area contributed by atoms with E-state index in [1.807, 2.05) is 0 Å². The summed E-state index contributed by atoms with van der Waals surface area (Å²) in [4.78, 5) is 0. The van der Waals surface area contributed by atoms with Gasteiger partial charge in [-0.15, -0.1) is 0 Å². The van der Waals surface area contributed by atoms with Crippen LogP contribution in [0.5, 0.6) is 0 Å². The predicted molar refractivity (Wildman–Crippen MR) is 76.9 cm³/mol. The van der Waals surface area contributed by atoms with Crippen LogP contribution in [0.15, 0.2) is 0 Å². The second-order valence-corrected chi connectivity index (χ2v) is 6.22. The van der Waals surface area contributed by atoms with Crippen molar-refractivity contribution in [2.75, 3.05) is 0 Å². The molecule has 0 atom stereocenters. The van der Waals surface area contributed by atoms with Gasteiger partial charge in [0.2, 0.25) is 0 Å². The average molecular weight is 335 g/mol. The van der Waals surface area contributed by atoms with Crippen LogP contribution in [-0.4, -0.2) is 28.5 Å². The van der Waals surface area contributed by atoms with Gasteiger partial charge in [0, 0.05) is 0 Å². The van der Waals surface area contributed by atoms with Gasteiger partial charge >= 0.3 is 117 Å².